The average Bonchev–Trinajstić information content (AvgIpc) is 2.41. The van der Waals surface area contributed by atoms with Crippen LogP contribution in [-0.4, -0.2) is 44.7 Å². The molecule has 6 heteroatoms. The van der Waals surface area contributed by atoms with Crippen molar-refractivity contribution in [2.45, 2.75) is 25.3 Å². The summed E-state index contributed by atoms with van der Waals surface area (Å²) in [4.78, 5) is 24.7. The van der Waals surface area contributed by atoms with Crippen molar-refractivity contribution in [3.63, 3.8) is 0 Å². The molecule has 6 nitrogen and oxygen atoms in total. The summed E-state index contributed by atoms with van der Waals surface area (Å²) in [6, 6.07) is 3.19. The van der Waals surface area contributed by atoms with E-state index < -0.39 is 29.4 Å². The zero-order valence-corrected chi connectivity index (χ0v) is 10.2. The Morgan fingerprint density at radius 2 is 1.95 bits per heavy atom. The van der Waals surface area contributed by atoms with E-state index in [0.717, 1.165) is 12.8 Å². The van der Waals surface area contributed by atoms with Crippen LogP contribution in [0.1, 0.15) is 29.6 Å². The predicted octanol–water partition coefficient (Wildman–Crippen LogP) is 1.18. The second-order valence-electron chi connectivity index (χ2n) is 4.52. The molecule has 102 valence electrons. The molecule has 0 spiro atoms. The van der Waals surface area contributed by atoms with Crippen molar-refractivity contribution < 1.29 is 24.9 Å². The van der Waals surface area contributed by atoms with Gasteiger partial charge in [-0.05, 0) is 31.4 Å². The highest BCUT2D eigenvalue weighted by atomic mass is 16.4. The molecule has 19 heavy (non-hydrogen) atoms. The normalized spacial score (nSPS) is 19.2. The molecule has 1 aromatic carbocycles. The van der Waals surface area contributed by atoms with Crippen molar-refractivity contribution in [1.29, 1.82) is 0 Å². The number of carbonyl (C=O) groups excluding carboxylic acids is 1. The maximum Gasteiger partial charge on any atom is 0.326 e. The Balaban J connectivity index is 2.31. The molecule has 1 atom stereocenters. The van der Waals surface area contributed by atoms with Gasteiger partial charge in [-0.3, -0.25) is 4.79 Å². The third kappa shape index (κ3) is 2.47. The lowest BCUT2D eigenvalue weighted by molar-refractivity contribution is -0.143. The number of phenols is 2. The van der Waals surface area contributed by atoms with Gasteiger partial charge in [0.15, 0.2) is 11.5 Å². The minimum absolute atomic E-state index is 0.0758. The maximum atomic E-state index is 12.3. The lowest BCUT2D eigenvalue weighted by Crippen LogP contribution is -2.48. The molecule has 2 rings (SSSR count). The highest BCUT2D eigenvalue weighted by molar-refractivity contribution is 5.99. The van der Waals surface area contributed by atoms with E-state index in [9.17, 15) is 19.8 Å². The minimum atomic E-state index is -1.05. The molecule has 1 aliphatic heterocycles. The van der Waals surface area contributed by atoms with Crippen molar-refractivity contribution in [1.82, 2.24) is 4.90 Å². The fourth-order valence-electron chi connectivity index (χ4n) is 2.29. The van der Waals surface area contributed by atoms with Crippen LogP contribution in [0.2, 0.25) is 0 Å². The lowest BCUT2D eigenvalue weighted by Gasteiger charge is -2.33. The van der Waals surface area contributed by atoms with Crippen LogP contribution >= 0.6 is 0 Å². The van der Waals surface area contributed by atoms with E-state index in [1.807, 2.05) is 0 Å². The van der Waals surface area contributed by atoms with Crippen molar-refractivity contribution in [2.75, 3.05) is 6.54 Å². The van der Waals surface area contributed by atoms with Gasteiger partial charge in [-0.1, -0.05) is 6.07 Å². The second-order valence-corrected chi connectivity index (χ2v) is 4.52. The minimum Gasteiger partial charge on any atom is -0.504 e. The molecule has 3 N–H and O–H groups in total. The maximum absolute atomic E-state index is 12.3. The number of rotatable bonds is 2. The highest BCUT2D eigenvalue weighted by Gasteiger charge is 2.33. The Labute approximate surface area is 109 Å². The smallest absolute Gasteiger partial charge is 0.326 e. The van der Waals surface area contributed by atoms with E-state index in [4.69, 9.17) is 5.11 Å². The van der Waals surface area contributed by atoms with Gasteiger partial charge < -0.3 is 20.2 Å². The summed E-state index contributed by atoms with van der Waals surface area (Å²) in [6.07, 6.45) is 1.89. The van der Waals surface area contributed by atoms with Gasteiger partial charge in [0, 0.05) is 6.54 Å². The first kappa shape index (κ1) is 13.2. The number of piperidine rings is 1. The van der Waals surface area contributed by atoms with Gasteiger partial charge in [0.2, 0.25) is 0 Å². The topological polar surface area (TPSA) is 98.1 Å². The van der Waals surface area contributed by atoms with Crippen molar-refractivity contribution in [3.05, 3.63) is 23.8 Å². The number of aromatic hydroxyl groups is 2. The number of hydrogen-bond donors (Lipinski definition) is 3. The first-order valence-corrected chi connectivity index (χ1v) is 6.07. The summed E-state index contributed by atoms with van der Waals surface area (Å²) in [6.45, 7) is 0.338. The fraction of sp³-hybridized carbons (Fsp3) is 0.385. The molecule has 1 heterocycles. The van der Waals surface area contributed by atoms with Crippen molar-refractivity contribution in [2.24, 2.45) is 0 Å². The third-order valence-electron chi connectivity index (χ3n) is 3.29. The summed E-state index contributed by atoms with van der Waals surface area (Å²) >= 11 is 0. The van der Waals surface area contributed by atoms with E-state index in [1.54, 1.807) is 0 Å². The number of carboxylic acids is 1. The number of nitrogens with zero attached hydrogens (tertiary/aromatic N) is 1. The molecule has 1 fully saturated rings. The van der Waals surface area contributed by atoms with Gasteiger partial charge in [-0.25, -0.2) is 4.79 Å². The summed E-state index contributed by atoms with van der Waals surface area (Å²) in [5, 5.41) is 28.2. The van der Waals surface area contributed by atoms with E-state index >= 15 is 0 Å². The van der Waals surface area contributed by atoms with E-state index in [0.29, 0.717) is 13.0 Å². The first-order valence-electron chi connectivity index (χ1n) is 6.07. The molecule has 1 saturated heterocycles. The van der Waals surface area contributed by atoms with Gasteiger partial charge in [-0.15, -0.1) is 0 Å². The molecule has 0 radical (unpaired) electrons. The summed E-state index contributed by atoms with van der Waals surface area (Å²) < 4.78 is 0. The SMILES string of the molecule is O=C(O)[C@@H]1CCCCN1C(=O)c1cccc(O)c1O. The largest absolute Gasteiger partial charge is 0.504 e. The van der Waals surface area contributed by atoms with E-state index in [2.05, 4.69) is 0 Å². The number of carbonyl (C=O) groups is 2. The molecular formula is C13H15NO5. The van der Waals surface area contributed by atoms with Crippen LogP contribution in [0, 0.1) is 0 Å². The third-order valence-corrected chi connectivity index (χ3v) is 3.29. The standard InChI is InChI=1S/C13H15NO5/c15-10-6-3-4-8(11(10)16)12(17)14-7-2-1-5-9(14)13(18)19/h3-4,6,9,15-16H,1-2,5,7H2,(H,18,19)/t9-/m0/s1. The molecular weight excluding hydrogens is 250 g/mol. The van der Waals surface area contributed by atoms with Crippen LogP contribution in [0.5, 0.6) is 11.5 Å². The zero-order valence-electron chi connectivity index (χ0n) is 10.2. The van der Waals surface area contributed by atoms with Gasteiger partial charge >= 0.3 is 5.97 Å². The number of phenolic OH excluding ortho intramolecular Hbond substituents is 2. The molecule has 1 aliphatic rings. The molecule has 1 aromatic rings. The molecule has 0 saturated carbocycles. The van der Waals surface area contributed by atoms with Gasteiger partial charge in [-0.2, -0.15) is 0 Å². The number of para-hydroxylation sites is 1. The number of hydrogen-bond acceptors (Lipinski definition) is 4. The Bertz CT molecular complexity index is 514. The molecule has 0 bridgehead atoms. The van der Waals surface area contributed by atoms with Gasteiger partial charge in [0.25, 0.3) is 5.91 Å². The number of carboxylic acid groups (broad SMARTS) is 1. The summed E-state index contributed by atoms with van der Waals surface area (Å²) in [7, 11) is 0. The fourth-order valence-corrected chi connectivity index (χ4v) is 2.29. The molecule has 0 aliphatic carbocycles. The summed E-state index contributed by atoms with van der Waals surface area (Å²) in [5.41, 5.74) is -0.0758. The van der Waals surface area contributed by atoms with Gasteiger partial charge in [0.1, 0.15) is 6.04 Å². The average molecular weight is 265 g/mol. The quantitative estimate of drug-likeness (QED) is 0.697. The molecule has 1 amide bonds. The Hall–Kier alpha value is -2.24. The molecule has 0 unspecified atom stereocenters. The van der Waals surface area contributed by atoms with Gasteiger partial charge in [0.05, 0.1) is 5.56 Å². The molecule has 0 aromatic heterocycles. The Morgan fingerprint density at radius 3 is 2.63 bits per heavy atom. The number of aliphatic carboxylic acids is 1. The van der Waals surface area contributed by atoms with Crippen molar-refractivity contribution >= 4 is 11.9 Å². The predicted molar refractivity (Wildman–Crippen MR) is 66.1 cm³/mol. The number of likely N-dealkylation sites (tertiary alicyclic amines) is 1. The van der Waals surface area contributed by atoms with Crippen LogP contribution in [0.25, 0.3) is 0 Å². The van der Waals surface area contributed by atoms with Crippen LogP contribution in [-0.2, 0) is 4.79 Å². The van der Waals surface area contributed by atoms with E-state index in [-0.39, 0.29) is 5.56 Å². The highest BCUT2D eigenvalue weighted by Crippen LogP contribution is 2.30. The Kier molecular flexibility index (Phi) is 3.59. The van der Waals surface area contributed by atoms with Crippen LogP contribution < -0.4 is 0 Å². The number of amides is 1. The number of benzene rings is 1. The Morgan fingerprint density at radius 1 is 1.21 bits per heavy atom. The van der Waals surface area contributed by atoms with Crippen LogP contribution in [0.15, 0.2) is 18.2 Å². The first-order chi connectivity index (χ1) is 9.02. The summed E-state index contributed by atoms with van der Waals surface area (Å²) in [5.74, 6) is -2.52. The lowest BCUT2D eigenvalue weighted by atomic mass is 10.0. The zero-order chi connectivity index (χ0) is 14.0. The monoisotopic (exact) mass is 265 g/mol. The van der Waals surface area contributed by atoms with Crippen molar-refractivity contribution in [3.8, 4) is 11.5 Å². The van der Waals surface area contributed by atoms with E-state index in [1.165, 1.54) is 23.1 Å². The second kappa shape index (κ2) is 5.17. The van der Waals surface area contributed by atoms with Crippen LogP contribution in [0.3, 0.4) is 0 Å². The van der Waals surface area contributed by atoms with Crippen LogP contribution in [0.4, 0.5) is 0 Å².